The maximum atomic E-state index is 5.10. The van der Waals surface area contributed by atoms with Crippen LogP contribution in [0.15, 0.2) is 60.7 Å². The molecule has 2 nitrogen and oxygen atoms in total. The van der Waals surface area contributed by atoms with Crippen molar-refractivity contribution in [3.8, 4) is 11.1 Å². The Bertz CT molecular complexity index is 1170. The third-order valence-corrected chi connectivity index (χ3v) is 5.21. The molecule has 0 aliphatic heterocycles. The highest BCUT2D eigenvalue weighted by Crippen LogP contribution is 2.38. The normalized spacial score (nSPS) is 12.6. The van der Waals surface area contributed by atoms with Gasteiger partial charge in [0.15, 0.2) is 0 Å². The molecule has 4 aromatic rings. The first-order valence-electron chi connectivity index (χ1n) is 9.95. The van der Waals surface area contributed by atoms with Gasteiger partial charge in [-0.2, -0.15) is 0 Å². The highest BCUT2D eigenvalue weighted by molar-refractivity contribution is 5.98. The van der Waals surface area contributed by atoms with Crippen molar-refractivity contribution in [2.45, 2.75) is 52.4 Å². The molecule has 0 fully saturated rings. The topological polar surface area (TPSA) is 25.8 Å². The number of rotatable bonds is 1. The summed E-state index contributed by atoms with van der Waals surface area (Å²) in [5, 5.41) is 2.35. The van der Waals surface area contributed by atoms with Crippen molar-refractivity contribution in [3.05, 3.63) is 72.1 Å². The van der Waals surface area contributed by atoms with Crippen LogP contribution in [0.2, 0.25) is 0 Å². The molecular formula is C26H28N2. The average Bonchev–Trinajstić information content (AvgIpc) is 2.64. The predicted octanol–water partition coefficient (Wildman–Crippen LogP) is 7.05. The van der Waals surface area contributed by atoms with Gasteiger partial charge in [-0.1, -0.05) is 77.9 Å². The van der Waals surface area contributed by atoms with Gasteiger partial charge in [0.05, 0.1) is 16.7 Å². The van der Waals surface area contributed by atoms with E-state index in [2.05, 4.69) is 102 Å². The molecule has 2 heterocycles. The Hall–Kier alpha value is -2.74. The first-order chi connectivity index (χ1) is 13.1. The van der Waals surface area contributed by atoms with E-state index in [1.807, 2.05) is 0 Å². The number of pyridine rings is 2. The number of hydrogen-bond donors (Lipinski definition) is 0. The van der Waals surface area contributed by atoms with Crippen LogP contribution in [0, 0.1) is 0 Å². The van der Waals surface area contributed by atoms with Crippen LogP contribution in [0.5, 0.6) is 0 Å². The molecule has 0 amide bonds. The van der Waals surface area contributed by atoms with E-state index in [0.29, 0.717) is 0 Å². The van der Waals surface area contributed by atoms with E-state index in [9.17, 15) is 0 Å². The van der Waals surface area contributed by atoms with E-state index >= 15 is 0 Å². The van der Waals surface area contributed by atoms with Crippen LogP contribution < -0.4 is 0 Å². The minimum atomic E-state index is -0.0639. The number of benzene rings is 2. The van der Waals surface area contributed by atoms with E-state index in [1.165, 1.54) is 21.9 Å². The Balaban J connectivity index is 2.14. The van der Waals surface area contributed by atoms with Crippen LogP contribution in [0.1, 0.15) is 52.9 Å². The van der Waals surface area contributed by atoms with Crippen LogP contribution >= 0.6 is 0 Å². The molecule has 2 heteroatoms. The number of hydrogen-bond acceptors (Lipinski definition) is 2. The maximum absolute atomic E-state index is 5.10. The zero-order valence-electron chi connectivity index (χ0n) is 17.7. The minimum absolute atomic E-state index is 0.0229. The predicted molar refractivity (Wildman–Crippen MR) is 120 cm³/mol. The molecule has 2 aromatic heterocycles. The van der Waals surface area contributed by atoms with Gasteiger partial charge in [-0.15, -0.1) is 0 Å². The van der Waals surface area contributed by atoms with Gasteiger partial charge in [0.25, 0.3) is 0 Å². The van der Waals surface area contributed by atoms with E-state index in [-0.39, 0.29) is 10.8 Å². The smallest absolute Gasteiger partial charge is 0.0711 e. The second kappa shape index (κ2) is 6.41. The van der Waals surface area contributed by atoms with Gasteiger partial charge >= 0.3 is 0 Å². The molecule has 4 rings (SSSR count). The molecule has 0 unspecified atom stereocenters. The fraction of sp³-hybridized carbons (Fsp3) is 0.308. The van der Waals surface area contributed by atoms with E-state index < -0.39 is 0 Å². The molecule has 0 atom stereocenters. The largest absolute Gasteiger partial charge is 0.252 e. The second-order valence-corrected chi connectivity index (χ2v) is 9.65. The molecule has 0 N–H and O–H groups in total. The summed E-state index contributed by atoms with van der Waals surface area (Å²) in [5.41, 5.74) is 6.66. The van der Waals surface area contributed by atoms with Crippen LogP contribution in [0.4, 0.5) is 0 Å². The van der Waals surface area contributed by atoms with Gasteiger partial charge in [-0.05, 0) is 29.8 Å². The summed E-state index contributed by atoms with van der Waals surface area (Å²) < 4.78 is 0. The summed E-state index contributed by atoms with van der Waals surface area (Å²) in [5.74, 6) is 0. The summed E-state index contributed by atoms with van der Waals surface area (Å²) >= 11 is 0. The first kappa shape index (κ1) is 18.6. The number of nitrogens with zero attached hydrogens (tertiary/aromatic N) is 2. The standard InChI is InChI=1S/C26H28N2/c1-25(2,3)23-16-19(18-12-8-10-14-22(18)27-23)20-15-17-11-7-9-13-21(17)28-24(20)26(4,5)6/h7-16H,1-6H3. The fourth-order valence-electron chi connectivity index (χ4n) is 3.68. The van der Waals surface area contributed by atoms with Gasteiger partial charge in [-0.25, -0.2) is 0 Å². The summed E-state index contributed by atoms with van der Waals surface area (Å²) in [6.07, 6.45) is 0. The third kappa shape index (κ3) is 3.28. The Kier molecular flexibility index (Phi) is 4.26. The summed E-state index contributed by atoms with van der Waals surface area (Å²) in [4.78, 5) is 10.1. The highest BCUT2D eigenvalue weighted by Gasteiger charge is 2.25. The lowest BCUT2D eigenvalue weighted by molar-refractivity contribution is 0.570. The highest BCUT2D eigenvalue weighted by atomic mass is 14.7. The summed E-state index contributed by atoms with van der Waals surface area (Å²) in [6, 6.07) is 21.4. The minimum Gasteiger partial charge on any atom is -0.252 e. The molecule has 2 aromatic carbocycles. The van der Waals surface area contributed by atoms with Crippen LogP contribution in [0.25, 0.3) is 32.9 Å². The molecule has 0 saturated heterocycles. The zero-order valence-corrected chi connectivity index (χ0v) is 17.7. The molecule has 0 aliphatic carbocycles. The molecule has 0 bridgehead atoms. The van der Waals surface area contributed by atoms with Crippen molar-refractivity contribution in [1.29, 1.82) is 0 Å². The van der Waals surface area contributed by atoms with Crippen LogP contribution in [-0.2, 0) is 10.8 Å². The third-order valence-electron chi connectivity index (χ3n) is 5.21. The Morgan fingerprint density at radius 3 is 1.93 bits per heavy atom. The molecular weight excluding hydrogens is 340 g/mol. The Labute approximate surface area is 167 Å². The fourth-order valence-corrected chi connectivity index (χ4v) is 3.68. The zero-order chi connectivity index (χ0) is 20.1. The lowest BCUT2D eigenvalue weighted by Gasteiger charge is -2.25. The van der Waals surface area contributed by atoms with Crippen molar-refractivity contribution in [2.24, 2.45) is 0 Å². The van der Waals surface area contributed by atoms with Crippen LogP contribution in [-0.4, -0.2) is 9.97 Å². The number of para-hydroxylation sites is 2. The van der Waals surface area contributed by atoms with Crippen LogP contribution in [0.3, 0.4) is 0 Å². The summed E-state index contributed by atoms with van der Waals surface area (Å²) in [6.45, 7) is 13.4. The first-order valence-corrected chi connectivity index (χ1v) is 9.95. The maximum Gasteiger partial charge on any atom is 0.0711 e. The molecule has 142 valence electrons. The monoisotopic (exact) mass is 368 g/mol. The second-order valence-electron chi connectivity index (χ2n) is 9.65. The summed E-state index contributed by atoms with van der Waals surface area (Å²) in [7, 11) is 0. The van der Waals surface area contributed by atoms with E-state index in [4.69, 9.17) is 9.97 Å². The van der Waals surface area contributed by atoms with E-state index in [0.717, 1.165) is 22.4 Å². The van der Waals surface area contributed by atoms with Gasteiger partial charge in [-0.3, -0.25) is 9.97 Å². The lowest BCUT2D eigenvalue weighted by atomic mass is 9.83. The SMILES string of the molecule is CC(C)(C)c1cc(-c2cc3ccccc3nc2C(C)(C)C)c2ccccc2n1. The molecule has 0 saturated carbocycles. The average molecular weight is 369 g/mol. The van der Waals surface area contributed by atoms with Crippen molar-refractivity contribution in [1.82, 2.24) is 9.97 Å². The molecule has 0 aliphatic rings. The van der Waals surface area contributed by atoms with Gasteiger partial charge in [0.1, 0.15) is 0 Å². The van der Waals surface area contributed by atoms with Crippen molar-refractivity contribution >= 4 is 21.8 Å². The van der Waals surface area contributed by atoms with Gasteiger partial charge in [0, 0.05) is 32.9 Å². The molecule has 0 radical (unpaired) electrons. The molecule has 0 spiro atoms. The van der Waals surface area contributed by atoms with E-state index in [1.54, 1.807) is 0 Å². The number of aromatic nitrogens is 2. The number of fused-ring (bicyclic) bond motifs is 2. The quantitative estimate of drug-likeness (QED) is 0.360. The van der Waals surface area contributed by atoms with Gasteiger partial charge < -0.3 is 0 Å². The van der Waals surface area contributed by atoms with Crippen molar-refractivity contribution < 1.29 is 0 Å². The van der Waals surface area contributed by atoms with Crippen molar-refractivity contribution in [2.75, 3.05) is 0 Å². The Morgan fingerprint density at radius 1 is 0.607 bits per heavy atom. The Morgan fingerprint density at radius 2 is 1.25 bits per heavy atom. The van der Waals surface area contributed by atoms with Gasteiger partial charge in [0.2, 0.25) is 0 Å². The lowest BCUT2D eigenvalue weighted by Crippen LogP contribution is -2.17. The van der Waals surface area contributed by atoms with Crippen molar-refractivity contribution in [3.63, 3.8) is 0 Å². The molecule has 28 heavy (non-hydrogen) atoms.